The summed E-state index contributed by atoms with van der Waals surface area (Å²) in [5, 5.41) is 0. The minimum absolute atomic E-state index is 0.210. The Labute approximate surface area is 62.5 Å². The zero-order valence-corrected chi connectivity index (χ0v) is 7.34. The topological polar surface area (TPSA) is 63.3 Å². The summed E-state index contributed by atoms with van der Waals surface area (Å²) in [5.41, 5.74) is 5.59. The maximum atomic E-state index is 10.2. The normalized spacial score (nSPS) is 16.7. The van der Waals surface area contributed by atoms with Crippen molar-refractivity contribution in [3.05, 3.63) is 0 Å². The van der Waals surface area contributed by atoms with Crippen LogP contribution in [0.5, 0.6) is 0 Å². The van der Waals surface area contributed by atoms with Crippen molar-refractivity contribution in [3.63, 3.8) is 0 Å². The van der Waals surface area contributed by atoms with Gasteiger partial charge in [0, 0.05) is 12.2 Å². The number of rotatable bonds is 5. The Hall–Kier alpha value is 0.150. The van der Waals surface area contributed by atoms with E-state index in [1.165, 1.54) is 0 Å². The van der Waals surface area contributed by atoms with E-state index in [-0.39, 0.29) is 6.04 Å². The third-order valence-corrected chi connectivity index (χ3v) is 2.27. The Morgan fingerprint density at radius 2 is 2.30 bits per heavy atom. The molecule has 0 fully saturated rings. The molecule has 0 heterocycles. The van der Waals surface area contributed by atoms with Crippen LogP contribution in [0.15, 0.2) is 0 Å². The molecule has 62 valence electrons. The van der Waals surface area contributed by atoms with Crippen molar-refractivity contribution in [2.45, 2.75) is 32.2 Å². The Bertz CT molecular complexity index is 108. The van der Waals surface area contributed by atoms with E-state index in [1.54, 1.807) is 0 Å². The summed E-state index contributed by atoms with van der Waals surface area (Å²) in [6.45, 7) is 2.02. The van der Waals surface area contributed by atoms with Crippen molar-refractivity contribution in [1.29, 1.82) is 0 Å². The molecule has 0 aliphatic heterocycles. The fraction of sp³-hybridized carbons (Fsp3) is 1.00. The Balaban J connectivity index is 3.11. The van der Waals surface area contributed by atoms with Gasteiger partial charge in [0.2, 0.25) is 0 Å². The second-order valence-corrected chi connectivity index (χ2v) is 3.74. The first-order chi connectivity index (χ1) is 4.66. The van der Waals surface area contributed by atoms with E-state index in [1.807, 2.05) is 6.92 Å². The Morgan fingerprint density at radius 1 is 1.70 bits per heavy atom. The number of hydrogen-bond acceptors (Lipinski definition) is 2. The lowest BCUT2D eigenvalue weighted by Crippen LogP contribution is -2.18. The molecule has 0 bridgehead atoms. The van der Waals surface area contributed by atoms with Crippen LogP contribution in [0, 0.1) is 0 Å². The van der Waals surface area contributed by atoms with Gasteiger partial charge in [0.1, 0.15) is 0 Å². The molecule has 0 amide bonds. The standard InChI is InChI=1S/C6H16NO2P/c1-2-6(7)4-3-5-10(8)9/h6,10H,2-5,7H2,1H3,(H,8,9). The molecule has 10 heavy (non-hydrogen) atoms. The zero-order chi connectivity index (χ0) is 7.98. The average Bonchev–Trinajstić information content (AvgIpc) is 1.87. The summed E-state index contributed by atoms with van der Waals surface area (Å²) in [6.07, 6.45) is 3.03. The van der Waals surface area contributed by atoms with Crippen molar-refractivity contribution < 1.29 is 9.46 Å². The van der Waals surface area contributed by atoms with Crippen molar-refractivity contribution in [2.24, 2.45) is 5.73 Å². The van der Waals surface area contributed by atoms with Gasteiger partial charge in [-0.3, -0.25) is 4.57 Å². The van der Waals surface area contributed by atoms with Gasteiger partial charge in [-0.2, -0.15) is 0 Å². The van der Waals surface area contributed by atoms with Gasteiger partial charge < -0.3 is 10.6 Å². The molecule has 4 heteroatoms. The number of nitrogens with two attached hydrogens (primary N) is 1. The molecule has 3 nitrogen and oxygen atoms in total. The van der Waals surface area contributed by atoms with E-state index >= 15 is 0 Å². The van der Waals surface area contributed by atoms with Crippen LogP contribution in [0.1, 0.15) is 26.2 Å². The molecule has 0 radical (unpaired) electrons. The molecule has 0 aromatic carbocycles. The quantitative estimate of drug-likeness (QED) is 0.596. The van der Waals surface area contributed by atoms with Gasteiger partial charge in [0.25, 0.3) is 0 Å². The van der Waals surface area contributed by atoms with Crippen LogP contribution < -0.4 is 5.73 Å². The van der Waals surface area contributed by atoms with Crippen LogP contribution in [0.25, 0.3) is 0 Å². The maximum absolute atomic E-state index is 10.2. The molecule has 0 aliphatic carbocycles. The van der Waals surface area contributed by atoms with Gasteiger partial charge in [0.05, 0.1) is 0 Å². The minimum atomic E-state index is -2.24. The van der Waals surface area contributed by atoms with Crippen LogP contribution >= 0.6 is 8.03 Å². The highest BCUT2D eigenvalue weighted by atomic mass is 31.1. The van der Waals surface area contributed by atoms with Crippen molar-refractivity contribution in [3.8, 4) is 0 Å². The first-order valence-corrected chi connectivity index (χ1v) is 5.20. The minimum Gasteiger partial charge on any atom is -0.346 e. The summed E-state index contributed by atoms with van der Waals surface area (Å²) in [7, 11) is -2.24. The summed E-state index contributed by atoms with van der Waals surface area (Å²) >= 11 is 0. The first kappa shape index (κ1) is 10.2. The van der Waals surface area contributed by atoms with E-state index in [0.717, 1.165) is 19.3 Å². The summed E-state index contributed by atoms with van der Waals surface area (Å²) in [4.78, 5) is 8.44. The number of hydrogen-bond donors (Lipinski definition) is 2. The average molecular weight is 165 g/mol. The van der Waals surface area contributed by atoms with E-state index in [2.05, 4.69) is 0 Å². The maximum Gasteiger partial charge on any atom is 0.189 e. The van der Waals surface area contributed by atoms with Crippen LogP contribution in [0.4, 0.5) is 0 Å². The van der Waals surface area contributed by atoms with E-state index in [9.17, 15) is 4.57 Å². The second-order valence-electron chi connectivity index (χ2n) is 2.45. The molecule has 3 N–H and O–H groups in total. The lowest BCUT2D eigenvalue weighted by atomic mass is 10.1. The molecule has 0 aliphatic rings. The van der Waals surface area contributed by atoms with Crippen molar-refractivity contribution in [2.75, 3.05) is 6.16 Å². The lowest BCUT2D eigenvalue weighted by Gasteiger charge is -2.05. The van der Waals surface area contributed by atoms with Crippen LogP contribution in [0.3, 0.4) is 0 Å². The van der Waals surface area contributed by atoms with Gasteiger partial charge in [-0.15, -0.1) is 0 Å². The highest BCUT2D eigenvalue weighted by molar-refractivity contribution is 7.37. The predicted octanol–water partition coefficient (Wildman–Crippen LogP) is 0.971. The Kier molecular flexibility index (Phi) is 5.99. The fourth-order valence-electron chi connectivity index (χ4n) is 0.720. The third kappa shape index (κ3) is 6.27. The van der Waals surface area contributed by atoms with Crippen molar-refractivity contribution >= 4 is 8.03 Å². The highest BCUT2D eigenvalue weighted by Gasteiger charge is 1.99. The molecule has 2 unspecified atom stereocenters. The SMILES string of the molecule is CCC(N)CCC[PH](=O)O. The van der Waals surface area contributed by atoms with Crippen LogP contribution in [0.2, 0.25) is 0 Å². The summed E-state index contributed by atoms with van der Waals surface area (Å²) < 4.78 is 10.2. The molecule has 0 spiro atoms. The van der Waals surface area contributed by atoms with Crippen molar-refractivity contribution in [1.82, 2.24) is 0 Å². The zero-order valence-electron chi connectivity index (χ0n) is 6.34. The van der Waals surface area contributed by atoms with Gasteiger partial charge in [0.15, 0.2) is 8.03 Å². The molecule has 0 saturated heterocycles. The van der Waals surface area contributed by atoms with E-state index in [0.29, 0.717) is 6.16 Å². The predicted molar refractivity (Wildman–Crippen MR) is 43.6 cm³/mol. The van der Waals surface area contributed by atoms with E-state index in [4.69, 9.17) is 10.6 Å². The molecule has 0 rings (SSSR count). The lowest BCUT2D eigenvalue weighted by molar-refractivity contribution is 0.496. The van der Waals surface area contributed by atoms with Gasteiger partial charge >= 0.3 is 0 Å². The van der Waals surface area contributed by atoms with E-state index < -0.39 is 8.03 Å². The third-order valence-electron chi connectivity index (χ3n) is 1.49. The molecule has 2 atom stereocenters. The molecule has 0 aromatic rings. The first-order valence-electron chi connectivity index (χ1n) is 3.64. The highest BCUT2D eigenvalue weighted by Crippen LogP contribution is 2.15. The van der Waals surface area contributed by atoms with Gasteiger partial charge in [-0.25, -0.2) is 0 Å². The summed E-state index contributed by atoms with van der Waals surface area (Å²) in [5.74, 6) is 0. The molecule has 0 saturated carbocycles. The summed E-state index contributed by atoms with van der Waals surface area (Å²) in [6, 6.07) is 0.210. The fourth-order valence-corrected chi connectivity index (χ4v) is 1.23. The van der Waals surface area contributed by atoms with Crippen LogP contribution in [-0.2, 0) is 4.57 Å². The van der Waals surface area contributed by atoms with Gasteiger partial charge in [-0.1, -0.05) is 6.92 Å². The van der Waals surface area contributed by atoms with Crippen LogP contribution in [-0.4, -0.2) is 17.1 Å². The molecule has 0 aromatic heterocycles. The second kappa shape index (κ2) is 5.90. The molecular weight excluding hydrogens is 149 g/mol. The largest absolute Gasteiger partial charge is 0.346 e. The smallest absolute Gasteiger partial charge is 0.189 e. The monoisotopic (exact) mass is 165 g/mol. The van der Waals surface area contributed by atoms with Gasteiger partial charge in [-0.05, 0) is 19.3 Å². The molecular formula is C6H16NO2P. The Morgan fingerprint density at radius 3 is 2.70 bits per heavy atom.